The molecule has 0 bridgehead atoms. The van der Waals surface area contributed by atoms with Gasteiger partial charge in [0, 0.05) is 18.5 Å². The lowest BCUT2D eigenvalue weighted by Crippen LogP contribution is -2.54. The van der Waals surface area contributed by atoms with Crippen molar-refractivity contribution in [1.82, 2.24) is 5.32 Å². The molecule has 1 aromatic rings. The summed E-state index contributed by atoms with van der Waals surface area (Å²) in [6, 6.07) is 5.64. The Morgan fingerprint density at radius 3 is 2.36 bits per heavy atom. The molecule has 3 amide bonds. The second-order valence-corrected chi connectivity index (χ2v) is 7.80. The second-order valence-electron chi connectivity index (χ2n) is 7.80. The third-order valence-electron chi connectivity index (χ3n) is 5.48. The first kappa shape index (κ1) is 22.1. The van der Waals surface area contributed by atoms with Gasteiger partial charge in [-0.1, -0.05) is 45.7 Å². The van der Waals surface area contributed by atoms with E-state index < -0.39 is 6.04 Å². The van der Waals surface area contributed by atoms with Crippen LogP contribution in [0.1, 0.15) is 89.2 Å². The van der Waals surface area contributed by atoms with Crippen LogP contribution in [0.15, 0.2) is 18.2 Å². The Kier molecular flexibility index (Phi) is 8.21. The summed E-state index contributed by atoms with van der Waals surface area (Å²) in [6.07, 6.45) is 6.32. The van der Waals surface area contributed by atoms with E-state index in [1.807, 2.05) is 19.9 Å². The molecule has 1 N–H and O–H groups in total. The fraction of sp³-hybridized carbons (Fsp3) is 0.609. The zero-order chi connectivity index (χ0) is 20.7. The second kappa shape index (κ2) is 10.4. The summed E-state index contributed by atoms with van der Waals surface area (Å²) in [7, 11) is 0. The summed E-state index contributed by atoms with van der Waals surface area (Å²) in [5.74, 6) is -0.179. The van der Waals surface area contributed by atoms with Crippen molar-refractivity contribution in [3.8, 4) is 0 Å². The Labute approximate surface area is 168 Å². The predicted octanol–water partition coefficient (Wildman–Crippen LogP) is 4.62. The van der Waals surface area contributed by atoms with Gasteiger partial charge in [0.2, 0.25) is 17.7 Å². The molecule has 1 atom stereocenters. The highest BCUT2D eigenvalue weighted by Crippen LogP contribution is 2.32. The molecule has 5 heteroatoms. The van der Waals surface area contributed by atoms with Gasteiger partial charge in [-0.05, 0) is 55.7 Å². The Morgan fingerprint density at radius 1 is 1.14 bits per heavy atom. The molecule has 28 heavy (non-hydrogen) atoms. The summed E-state index contributed by atoms with van der Waals surface area (Å²) in [5.41, 5.74) is 3.09. The van der Waals surface area contributed by atoms with Gasteiger partial charge >= 0.3 is 0 Å². The molecule has 0 aliphatic carbocycles. The van der Waals surface area contributed by atoms with Crippen LogP contribution in [-0.4, -0.2) is 23.8 Å². The quantitative estimate of drug-likeness (QED) is 0.630. The molecule has 5 nitrogen and oxygen atoms in total. The molecule has 1 saturated heterocycles. The Bertz CT molecular complexity index is 708. The lowest BCUT2D eigenvalue weighted by molar-refractivity contribution is -0.135. The third kappa shape index (κ3) is 5.21. The summed E-state index contributed by atoms with van der Waals surface area (Å²) >= 11 is 0. The molecule has 1 fully saturated rings. The molecule has 0 saturated carbocycles. The van der Waals surface area contributed by atoms with Crippen molar-refractivity contribution in [3.63, 3.8) is 0 Å². The van der Waals surface area contributed by atoms with E-state index in [-0.39, 0.29) is 24.1 Å². The summed E-state index contributed by atoms with van der Waals surface area (Å²) in [6.45, 7) is 8.37. The standard InChI is InChI=1S/C23H34N2O3/c1-5-8-17(9-6-2)18-11-12-19(16(4)15-18)25(22(27)10-7-3)20-13-14-21(26)24-23(20)28/h11-12,15,17,20H,5-10,13-14H2,1-4H3,(H,24,26,28). The van der Waals surface area contributed by atoms with Gasteiger partial charge in [0.15, 0.2) is 0 Å². The lowest BCUT2D eigenvalue weighted by Gasteiger charge is -2.34. The molecule has 1 aliphatic rings. The predicted molar refractivity (Wildman–Crippen MR) is 112 cm³/mol. The van der Waals surface area contributed by atoms with E-state index in [2.05, 4.69) is 31.3 Å². The van der Waals surface area contributed by atoms with Crippen LogP contribution in [0.5, 0.6) is 0 Å². The van der Waals surface area contributed by atoms with Crippen molar-refractivity contribution in [2.45, 2.75) is 91.0 Å². The van der Waals surface area contributed by atoms with E-state index >= 15 is 0 Å². The van der Waals surface area contributed by atoms with Crippen LogP contribution in [0, 0.1) is 6.92 Å². The number of imide groups is 1. The van der Waals surface area contributed by atoms with Crippen molar-refractivity contribution in [2.75, 3.05) is 4.90 Å². The number of carbonyl (C=O) groups excluding carboxylic acids is 3. The van der Waals surface area contributed by atoms with E-state index in [0.29, 0.717) is 18.8 Å². The third-order valence-corrected chi connectivity index (χ3v) is 5.48. The average Bonchev–Trinajstić information content (AvgIpc) is 2.65. The van der Waals surface area contributed by atoms with Crippen LogP contribution in [0.25, 0.3) is 0 Å². The molecular weight excluding hydrogens is 352 g/mol. The Balaban J connectivity index is 2.38. The zero-order valence-electron chi connectivity index (χ0n) is 17.7. The van der Waals surface area contributed by atoms with E-state index in [9.17, 15) is 14.4 Å². The number of rotatable bonds is 9. The molecule has 2 rings (SSSR count). The first-order valence-electron chi connectivity index (χ1n) is 10.7. The Hall–Kier alpha value is -2.17. The number of piperidine rings is 1. The van der Waals surface area contributed by atoms with E-state index in [0.717, 1.165) is 43.4 Å². The molecule has 1 aliphatic heterocycles. The monoisotopic (exact) mass is 386 g/mol. The first-order valence-corrected chi connectivity index (χ1v) is 10.7. The fourth-order valence-corrected chi connectivity index (χ4v) is 4.12. The van der Waals surface area contributed by atoms with Gasteiger partial charge in [-0.2, -0.15) is 0 Å². The number of nitrogens with one attached hydrogen (secondary N) is 1. The summed E-state index contributed by atoms with van der Waals surface area (Å²) in [4.78, 5) is 38.5. The molecule has 154 valence electrons. The number of aryl methyl sites for hydroxylation is 1. The molecule has 0 radical (unpaired) electrons. The minimum atomic E-state index is -0.622. The SMILES string of the molecule is CCCC(=O)N(c1ccc(C(CCC)CCC)cc1C)C1CCC(=O)NC1=O. The van der Waals surface area contributed by atoms with Crippen LogP contribution in [0.4, 0.5) is 5.69 Å². The van der Waals surface area contributed by atoms with Crippen LogP contribution in [0.2, 0.25) is 0 Å². The molecule has 0 aromatic heterocycles. The maximum atomic E-state index is 12.9. The highest BCUT2D eigenvalue weighted by atomic mass is 16.2. The van der Waals surface area contributed by atoms with Gasteiger partial charge in [-0.15, -0.1) is 0 Å². The number of carbonyl (C=O) groups is 3. The molecule has 1 unspecified atom stereocenters. The van der Waals surface area contributed by atoms with Crippen molar-refractivity contribution in [1.29, 1.82) is 0 Å². The summed E-state index contributed by atoms with van der Waals surface area (Å²) in [5, 5.41) is 2.39. The van der Waals surface area contributed by atoms with Gasteiger partial charge in [0.25, 0.3) is 0 Å². The highest BCUT2D eigenvalue weighted by Gasteiger charge is 2.35. The van der Waals surface area contributed by atoms with Crippen molar-refractivity contribution >= 4 is 23.4 Å². The van der Waals surface area contributed by atoms with Crippen molar-refractivity contribution in [2.24, 2.45) is 0 Å². The van der Waals surface area contributed by atoms with E-state index in [1.165, 1.54) is 5.56 Å². The van der Waals surface area contributed by atoms with Crippen LogP contribution >= 0.6 is 0 Å². The van der Waals surface area contributed by atoms with Crippen LogP contribution in [0.3, 0.4) is 0 Å². The summed E-state index contributed by atoms with van der Waals surface area (Å²) < 4.78 is 0. The minimum Gasteiger partial charge on any atom is -0.300 e. The van der Waals surface area contributed by atoms with Gasteiger partial charge < -0.3 is 0 Å². The topological polar surface area (TPSA) is 66.5 Å². The fourth-order valence-electron chi connectivity index (χ4n) is 4.12. The number of amides is 3. The number of hydrogen-bond acceptors (Lipinski definition) is 3. The Morgan fingerprint density at radius 2 is 1.82 bits per heavy atom. The molecule has 1 heterocycles. The van der Waals surface area contributed by atoms with Crippen molar-refractivity contribution < 1.29 is 14.4 Å². The lowest BCUT2D eigenvalue weighted by atomic mass is 9.89. The first-order chi connectivity index (χ1) is 13.4. The zero-order valence-corrected chi connectivity index (χ0v) is 17.7. The maximum Gasteiger partial charge on any atom is 0.249 e. The average molecular weight is 387 g/mol. The van der Waals surface area contributed by atoms with Crippen molar-refractivity contribution in [3.05, 3.63) is 29.3 Å². The number of nitrogens with zero attached hydrogens (tertiary/aromatic N) is 1. The van der Waals surface area contributed by atoms with E-state index in [4.69, 9.17) is 0 Å². The van der Waals surface area contributed by atoms with Crippen LogP contribution < -0.4 is 10.2 Å². The normalized spacial score (nSPS) is 17.0. The number of hydrogen-bond donors (Lipinski definition) is 1. The minimum absolute atomic E-state index is 0.0634. The van der Waals surface area contributed by atoms with Gasteiger partial charge in [0.1, 0.15) is 6.04 Å². The number of anilines is 1. The highest BCUT2D eigenvalue weighted by molar-refractivity contribution is 6.07. The molecular formula is C23H34N2O3. The van der Waals surface area contributed by atoms with Gasteiger partial charge in [0.05, 0.1) is 0 Å². The smallest absolute Gasteiger partial charge is 0.249 e. The maximum absolute atomic E-state index is 12.9. The molecule has 1 aromatic carbocycles. The van der Waals surface area contributed by atoms with E-state index in [1.54, 1.807) is 4.90 Å². The van der Waals surface area contributed by atoms with Crippen LogP contribution in [-0.2, 0) is 14.4 Å². The van der Waals surface area contributed by atoms with Gasteiger partial charge in [-0.3, -0.25) is 24.6 Å². The molecule has 0 spiro atoms. The largest absolute Gasteiger partial charge is 0.300 e. The van der Waals surface area contributed by atoms with Gasteiger partial charge in [-0.25, -0.2) is 0 Å². The number of benzene rings is 1.